The van der Waals surface area contributed by atoms with Crippen molar-refractivity contribution in [2.75, 3.05) is 0 Å². The van der Waals surface area contributed by atoms with Crippen molar-refractivity contribution >= 4 is 5.78 Å². The van der Waals surface area contributed by atoms with Crippen molar-refractivity contribution in [3.63, 3.8) is 0 Å². The summed E-state index contributed by atoms with van der Waals surface area (Å²) in [4.78, 5) is 10.8. The zero-order valence-electron chi connectivity index (χ0n) is 7.60. The number of aliphatic hydroxyl groups excluding tert-OH is 1. The predicted molar refractivity (Wildman–Crippen MR) is 41.5 cm³/mol. The molecule has 82 valence electrons. The van der Waals surface area contributed by atoms with Gasteiger partial charge in [-0.05, 0) is 0 Å². The van der Waals surface area contributed by atoms with Crippen LogP contribution in [0.5, 0.6) is 0 Å². The van der Waals surface area contributed by atoms with Crippen LogP contribution in [-0.2, 0) is 4.79 Å². The molecular formula is C8H10F4O2. The number of halogens is 4. The highest BCUT2D eigenvalue weighted by Gasteiger charge is 2.45. The lowest BCUT2D eigenvalue weighted by Crippen LogP contribution is -2.29. The third-order valence-electron chi connectivity index (χ3n) is 1.46. The van der Waals surface area contributed by atoms with Crippen molar-refractivity contribution in [1.29, 1.82) is 0 Å². The van der Waals surface area contributed by atoms with Gasteiger partial charge in [0.25, 0.3) is 0 Å². The minimum Gasteiger partial charge on any atom is -0.506 e. The van der Waals surface area contributed by atoms with Crippen molar-refractivity contribution in [3.05, 3.63) is 11.8 Å². The molecule has 0 atom stereocenters. The van der Waals surface area contributed by atoms with Crippen molar-refractivity contribution in [2.45, 2.75) is 26.2 Å². The van der Waals surface area contributed by atoms with Crippen molar-refractivity contribution < 1.29 is 27.5 Å². The minimum absolute atomic E-state index is 0.136. The van der Waals surface area contributed by atoms with Gasteiger partial charge in [-0.2, -0.15) is 8.78 Å². The smallest absolute Gasteiger partial charge is 0.363 e. The lowest BCUT2D eigenvalue weighted by molar-refractivity contribution is -0.125. The Morgan fingerprint density at radius 3 is 2.07 bits per heavy atom. The number of hydrogen-bond donors (Lipinski definition) is 1. The van der Waals surface area contributed by atoms with Gasteiger partial charge in [-0.3, -0.25) is 4.79 Å². The quantitative estimate of drug-likeness (QED) is 0.443. The van der Waals surface area contributed by atoms with Gasteiger partial charge in [-0.15, -0.1) is 0 Å². The van der Waals surface area contributed by atoms with E-state index in [2.05, 4.69) is 0 Å². The van der Waals surface area contributed by atoms with E-state index in [1.54, 1.807) is 0 Å². The lowest BCUT2D eigenvalue weighted by Gasteiger charge is -2.13. The average molecular weight is 214 g/mol. The molecule has 1 N–H and O–H groups in total. The number of ketones is 1. The normalized spacial score (nSPS) is 13.9. The van der Waals surface area contributed by atoms with Gasteiger partial charge < -0.3 is 5.11 Å². The van der Waals surface area contributed by atoms with Crippen LogP contribution in [0, 0.1) is 5.92 Å². The van der Waals surface area contributed by atoms with Crippen LogP contribution in [0.4, 0.5) is 17.6 Å². The fourth-order valence-corrected chi connectivity index (χ4v) is 0.509. The maximum Gasteiger partial charge on any atom is 0.363 e. The fourth-order valence-electron chi connectivity index (χ4n) is 0.509. The summed E-state index contributed by atoms with van der Waals surface area (Å²) in [7, 11) is 0. The van der Waals surface area contributed by atoms with E-state index in [1.807, 2.05) is 0 Å². The molecule has 0 radical (unpaired) electrons. The van der Waals surface area contributed by atoms with Crippen LogP contribution in [0.25, 0.3) is 0 Å². The van der Waals surface area contributed by atoms with Crippen LogP contribution in [0.2, 0.25) is 0 Å². The summed E-state index contributed by atoms with van der Waals surface area (Å²) in [6.45, 7) is 2.79. The summed E-state index contributed by atoms with van der Waals surface area (Å²) in [5.74, 6) is -8.02. The lowest BCUT2D eigenvalue weighted by atomic mass is 10.1. The van der Waals surface area contributed by atoms with Crippen LogP contribution in [-0.4, -0.2) is 23.2 Å². The second-order valence-corrected chi connectivity index (χ2v) is 3.01. The maximum absolute atomic E-state index is 12.3. The van der Waals surface area contributed by atoms with Crippen molar-refractivity contribution in [3.8, 4) is 0 Å². The molecule has 2 nitrogen and oxygen atoms in total. The van der Waals surface area contributed by atoms with Crippen LogP contribution in [0.1, 0.15) is 13.8 Å². The summed E-state index contributed by atoms with van der Waals surface area (Å²) in [6.07, 6.45) is -3.89. The molecule has 14 heavy (non-hydrogen) atoms. The van der Waals surface area contributed by atoms with Crippen molar-refractivity contribution in [2.24, 2.45) is 5.92 Å². The first-order chi connectivity index (χ1) is 6.19. The molecule has 0 aromatic rings. The molecule has 0 saturated carbocycles. The third kappa shape index (κ3) is 3.01. The molecule has 0 aliphatic heterocycles. The molecule has 0 unspecified atom stereocenters. The molecule has 0 spiro atoms. The standard InChI is InChI=1S/C8H10F4O2/c1-4(2)5(13)3-6(14)8(11,12)7(9)10/h3-4,7,14H,1-2H3/b6-3-. The Bertz CT molecular complexity index is 246. The van der Waals surface area contributed by atoms with E-state index in [0.717, 1.165) is 0 Å². The van der Waals surface area contributed by atoms with Gasteiger partial charge in [0.15, 0.2) is 11.5 Å². The third-order valence-corrected chi connectivity index (χ3v) is 1.46. The van der Waals surface area contributed by atoms with Gasteiger partial charge in [-0.1, -0.05) is 13.8 Å². The molecule has 0 aromatic heterocycles. The highest BCUT2D eigenvalue weighted by atomic mass is 19.3. The van der Waals surface area contributed by atoms with E-state index in [-0.39, 0.29) is 6.08 Å². The SMILES string of the molecule is CC(C)C(=O)/C=C(\O)C(F)(F)C(F)F. The van der Waals surface area contributed by atoms with E-state index in [9.17, 15) is 22.4 Å². The van der Waals surface area contributed by atoms with Gasteiger partial charge in [0.05, 0.1) is 0 Å². The molecule has 0 aliphatic rings. The monoisotopic (exact) mass is 214 g/mol. The number of carbonyl (C=O) groups is 1. The zero-order valence-corrected chi connectivity index (χ0v) is 7.60. The van der Waals surface area contributed by atoms with Gasteiger partial charge in [0, 0.05) is 12.0 Å². The first-order valence-corrected chi connectivity index (χ1v) is 3.80. The first-order valence-electron chi connectivity index (χ1n) is 3.80. The number of aliphatic hydroxyl groups is 1. The topological polar surface area (TPSA) is 37.3 Å². The van der Waals surface area contributed by atoms with Gasteiger partial charge >= 0.3 is 12.3 Å². The molecular weight excluding hydrogens is 204 g/mol. The molecule has 0 aliphatic carbocycles. The fraction of sp³-hybridized carbons (Fsp3) is 0.625. The van der Waals surface area contributed by atoms with E-state index in [4.69, 9.17) is 5.11 Å². The number of hydrogen-bond acceptors (Lipinski definition) is 2. The second kappa shape index (κ2) is 4.43. The highest BCUT2D eigenvalue weighted by Crippen LogP contribution is 2.29. The Hall–Kier alpha value is -1.07. The Balaban J connectivity index is 4.77. The Morgan fingerprint density at radius 2 is 1.79 bits per heavy atom. The molecule has 0 heterocycles. The van der Waals surface area contributed by atoms with Crippen LogP contribution in [0.15, 0.2) is 11.8 Å². The maximum atomic E-state index is 12.3. The summed E-state index contributed by atoms with van der Waals surface area (Å²) in [5.41, 5.74) is 0. The number of alkyl halides is 4. The predicted octanol–water partition coefficient (Wildman–Crippen LogP) is 2.55. The average Bonchev–Trinajstić information content (AvgIpc) is 2.03. The molecule has 0 aromatic carbocycles. The number of allylic oxidation sites excluding steroid dienone is 2. The molecule has 6 heteroatoms. The molecule has 0 rings (SSSR count). The largest absolute Gasteiger partial charge is 0.506 e. The van der Waals surface area contributed by atoms with Gasteiger partial charge in [-0.25, -0.2) is 8.78 Å². The summed E-state index contributed by atoms with van der Waals surface area (Å²) >= 11 is 0. The Morgan fingerprint density at radius 1 is 1.36 bits per heavy atom. The van der Waals surface area contributed by atoms with Gasteiger partial charge in [0.2, 0.25) is 0 Å². The molecule has 0 amide bonds. The van der Waals surface area contributed by atoms with Gasteiger partial charge in [0.1, 0.15) is 0 Å². The van der Waals surface area contributed by atoms with E-state index in [1.165, 1.54) is 13.8 Å². The first kappa shape index (κ1) is 12.9. The summed E-state index contributed by atoms with van der Waals surface area (Å²) in [6, 6.07) is 0. The van der Waals surface area contributed by atoms with Crippen LogP contribution in [0.3, 0.4) is 0 Å². The van der Waals surface area contributed by atoms with Crippen LogP contribution < -0.4 is 0 Å². The second-order valence-electron chi connectivity index (χ2n) is 3.01. The number of carbonyl (C=O) groups excluding carboxylic acids is 1. The Kier molecular flexibility index (Phi) is 4.09. The minimum atomic E-state index is -4.66. The van der Waals surface area contributed by atoms with E-state index < -0.39 is 29.8 Å². The number of rotatable bonds is 4. The van der Waals surface area contributed by atoms with Crippen molar-refractivity contribution in [1.82, 2.24) is 0 Å². The van der Waals surface area contributed by atoms with E-state index in [0.29, 0.717) is 0 Å². The van der Waals surface area contributed by atoms with Crippen LogP contribution >= 0.6 is 0 Å². The zero-order chi connectivity index (χ0) is 11.5. The summed E-state index contributed by atoms with van der Waals surface area (Å²) in [5, 5.41) is 8.58. The molecule has 0 saturated heterocycles. The molecule has 0 fully saturated rings. The van der Waals surface area contributed by atoms with E-state index >= 15 is 0 Å². The highest BCUT2D eigenvalue weighted by molar-refractivity contribution is 5.91. The Labute approximate surface area is 78.2 Å². The summed E-state index contributed by atoms with van der Waals surface area (Å²) < 4.78 is 48.0. The molecule has 0 bridgehead atoms.